The van der Waals surface area contributed by atoms with Crippen LogP contribution in [0.3, 0.4) is 0 Å². The lowest BCUT2D eigenvalue weighted by Gasteiger charge is -2.30. The van der Waals surface area contributed by atoms with Gasteiger partial charge in [-0.1, -0.05) is 18.7 Å². The summed E-state index contributed by atoms with van der Waals surface area (Å²) in [4.78, 5) is 47.5. The Labute approximate surface area is 173 Å². The highest BCUT2D eigenvalue weighted by molar-refractivity contribution is 8.15. The van der Waals surface area contributed by atoms with E-state index in [-0.39, 0.29) is 36.6 Å². The normalized spacial score (nSPS) is 19.6. The molecule has 152 valence electrons. The number of pyridine rings is 1. The number of methoxy groups -OCH3 is 1. The zero-order valence-corrected chi connectivity index (χ0v) is 18.1. The predicted molar refractivity (Wildman–Crippen MR) is 112 cm³/mol. The number of nitrogens with zero attached hydrogens (tertiary/aromatic N) is 3. The number of ether oxygens (including phenoxy) is 1. The Morgan fingerprint density at radius 3 is 2.71 bits per heavy atom. The Balaban J connectivity index is 2.22. The lowest BCUT2D eigenvalue weighted by molar-refractivity contribution is -0.150. The number of aliphatic imine (C=N–C) groups is 1. The van der Waals surface area contributed by atoms with E-state index >= 15 is 0 Å². The molecule has 0 saturated carbocycles. The minimum atomic E-state index is -0.475. The fourth-order valence-electron chi connectivity index (χ4n) is 2.77. The Kier molecular flexibility index (Phi) is 8.50. The number of imide groups is 1. The van der Waals surface area contributed by atoms with E-state index in [1.807, 2.05) is 32.2 Å². The second kappa shape index (κ2) is 10.6. The highest BCUT2D eigenvalue weighted by Gasteiger charge is 2.40. The summed E-state index contributed by atoms with van der Waals surface area (Å²) in [6, 6.07) is 3.46. The van der Waals surface area contributed by atoms with Gasteiger partial charge in [-0.05, 0) is 25.3 Å². The van der Waals surface area contributed by atoms with Crippen molar-refractivity contribution >= 4 is 46.4 Å². The summed E-state index contributed by atoms with van der Waals surface area (Å²) in [5.74, 6) is -0.794. The van der Waals surface area contributed by atoms with Crippen LogP contribution in [0.15, 0.2) is 29.5 Å². The van der Waals surface area contributed by atoms with E-state index in [4.69, 9.17) is 0 Å². The first-order valence-electron chi connectivity index (χ1n) is 8.95. The molecule has 0 radical (unpaired) electrons. The maximum absolute atomic E-state index is 13.1. The molecule has 2 rings (SSSR count). The molecule has 28 heavy (non-hydrogen) atoms. The zero-order chi connectivity index (χ0) is 20.7. The Bertz CT molecular complexity index is 742. The molecule has 7 nitrogen and oxygen atoms in total. The first-order valence-corrected chi connectivity index (χ1v) is 11.2. The Morgan fingerprint density at radius 1 is 1.36 bits per heavy atom. The largest absolute Gasteiger partial charge is 0.469 e. The van der Waals surface area contributed by atoms with Gasteiger partial charge in [-0.25, -0.2) is 0 Å². The summed E-state index contributed by atoms with van der Waals surface area (Å²) in [6.07, 6.45) is 5.18. The van der Waals surface area contributed by atoms with Gasteiger partial charge in [-0.2, -0.15) is 11.8 Å². The fourth-order valence-corrected chi connectivity index (χ4v) is 4.71. The second-order valence-electron chi connectivity index (χ2n) is 6.46. The summed E-state index contributed by atoms with van der Waals surface area (Å²) in [6.45, 7) is 3.70. The smallest absolute Gasteiger partial charge is 0.306 e. The van der Waals surface area contributed by atoms with Crippen LogP contribution in [-0.4, -0.2) is 63.2 Å². The van der Waals surface area contributed by atoms with Crippen molar-refractivity contribution in [3.05, 3.63) is 30.1 Å². The quantitative estimate of drug-likeness (QED) is 0.594. The molecule has 1 aromatic rings. The van der Waals surface area contributed by atoms with E-state index in [1.54, 1.807) is 24.2 Å². The molecule has 0 N–H and O–H groups in total. The van der Waals surface area contributed by atoms with Gasteiger partial charge in [0.25, 0.3) is 0 Å². The van der Waals surface area contributed by atoms with Crippen LogP contribution < -0.4 is 0 Å². The fraction of sp³-hybridized carbons (Fsp3) is 0.526. The first-order chi connectivity index (χ1) is 13.4. The third kappa shape index (κ3) is 5.57. The van der Waals surface area contributed by atoms with Crippen LogP contribution in [0.5, 0.6) is 0 Å². The summed E-state index contributed by atoms with van der Waals surface area (Å²) < 4.78 is 4.62. The molecule has 0 spiro atoms. The minimum absolute atomic E-state index is 0.0574. The number of carbonyl (C=O) groups is 3. The van der Waals surface area contributed by atoms with Gasteiger partial charge in [0.2, 0.25) is 11.8 Å². The number of carbonyl (C=O) groups excluding carboxylic acids is 3. The molecular formula is C19H25N3O4S2. The molecule has 1 aromatic heterocycles. The number of hydrogen-bond donors (Lipinski definition) is 0. The molecule has 1 aliphatic rings. The second-order valence-corrected chi connectivity index (χ2v) is 8.48. The first kappa shape index (κ1) is 22.4. The lowest BCUT2D eigenvalue weighted by atomic mass is 10.1. The molecule has 0 bridgehead atoms. The van der Waals surface area contributed by atoms with Gasteiger partial charge < -0.3 is 4.74 Å². The summed E-state index contributed by atoms with van der Waals surface area (Å²) in [5.41, 5.74) is 0.855. The standard InChI is InChI=1S/C19H25N3O4S2/c1-12(11-27-4)18(25)22(15(23)7-8-16(24)26-3)19-13(2)21-17(28-19)14-6-5-9-20-10-14/h5-6,9-10,12-13,19H,7-8,11H2,1-4H3. The van der Waals surface area contributed by atoms with Crippen molar-refractivity contribution in [1.82, 2.24) is 9.88 Å². The van der Waals surface area contributed by atoms with Gasteiger partial charge in [0.15, 0.2) is 0 Å². The number of thioether (sulfide) groups is 2. The van der Waals surface area contributed by atoms with E-state index in [1.165, 1.54) is 23.8 Å². The Hall–Kier alpha value is -1.87. The summed E-state index contributed by atoms with van der Waals surface area (Å²) >= 11 is 2.94. The number of rotatable bonds is 8. The van der Waals surface area contributed by atoms with Crippen LogP contribution in [0.4, 0.5) is 0 Å². The van der Waals surface area contributed by atoms with Crippen molar-refractivity contribution in [2.45, 2.75) is 38.1 Å². The SMILES string of the molecule is COC(=O)CCC(=O)N(C(=O)C(C)CSC)C1SC(c2cccnc2)=NC1C. The third-order valence-electron chi connectivity index (χ3n) is 4.24. The average Bonchev–Trinajstić information content (AvgIpc) is 3.08. The highest BCUT2D eigenvalue weighted by atomic mass is 32.2. The van der Waals surface area contributed by atoms with Crippen molar-refractivity contribution in [2.75, 3.05) is 19.1 Å². The predicted octanol–water partition coefficient (Wildman–Crippen LogP) is 2.60. The minimum Gasteiger partial charge on any atom is -0.469 e. The summed E-state index contributed by atoms with van der Waals surface area (Å²) in [5, 5.41) is 0.304. The van der Waals surface area contributed by atoms with Crippen LogP contribution in [0.25, 0.3) is 0 Å². The lowest BCUT2D eigenvalue weighted by Crippen LogP contribution is -2.48. The molecule has 0 aromatic carbocycles. The molecule has 0 saturated heterocycles. The van der Waals surface area contributed by atoms with Gasteiger partial charge in [0, 0.05) is 36.0 Å². The Morgan fingerprint density at radius 2 is 2.11 bits per heavy atom. The van der Waals surface area contributed by atoms with Crippen molar-refractivity contribution in [1.29, 1.82) is 0 Å². The van der Waals surface area contributed by atoms with Crippen LogP contribution >= 0.6 is 23.5 Å². The van der Waals surface area contributed by atoms with E-state index in [0.29, 0.717) is 5.75 Å². The van der Waals surface area contributed by atoms with Gasteiger partial charge >= 0.3 is 5.97 Å². The van der Waals surface area contributed by atoms with E-state index in [2.05, 4.69) is 14.7 Å². The van der Waals surface area contributed by atoms with Crippen molar-refractivity contribution in [3.63, 3.8) is 0 Å². The molecule has 3 atom stereocenters. The number of aromatic nitrogens is 1. The maximum Gasteiger partial charge on any atom is 0.306 e. The number of amides is 2. The van der Waals surface area contributed by atoms with Crippen molar-refractivity contribution in [2.24, 2.45) is 10.9 Å². The van der Waals surface area contributed by atoms with Crippen molar-refractivity contribution < 1.29 is 19.1 Å². The third-order valence-corrected chi connectivity index (χ3v) is 6.49. The average molecular weight is 424 g/mol. The molecular weight excluding hydrogens is 398 g/mol. The van der Waals surface area contributed by atoms with Gasteiger partial charge in [0.1, 0.15) is 10.4 Å². The summed E-state index contributed by atoms with van der Waals surface area (Å²) in [7, 11) is 1.28. The molecule has 1 aliphatic heterocycles. The van der Waals surface area contributed by atoms with Crippen molar-refractivity contribution in [3.8, 4) is 0 Å². The zero-order valence-electron chi connectivity index (χ0n) is 16.5. The van der Waals surface area contributed by atoms with Gasteiger partial charge in [-0.15, -0.1) is 0 Å². The maximum atomic E-state index is 13.1. The van der Waals surface area contributed by atoms with Crippen LogP contribution in [0.1, 0.15) is 32.3 Å². The molecule has 0 aliphatic carbocycles. The molecule has 2 heterocycles. The van der Waals surface area contributed by atoms with Crippen LogP contribution in [0, 0.1) is 5.92 Å². The van der Waals surface area contributed by atoms with E-state index < -0.39 is 11.3 Å². The number of hydrogen-bond acceptors (Lipinski definition) is 8. The topological polar surface area (TPSA) is 88.9 Å². The monoisotopic (exact) mass is 423 g/mol. The molecule has 9 heteroatoms. The molecule has 3 unspecified atom stereocenters. The van der Waals surface area contributed by atoms with E-state index in [0.717, 1.165) is 10.6 Å². The van der Waals surface area contributed by atoms with Crippen LogP contribution in [-0.2, 0) is 19.1 Å². The van der Waals surface area contributed by atoms with Gasteiger partial charge in [-0.3, -0.25) is 29.3 Å². The van der Waals surface area contributed by atoms with Gasteiger partial charge in [0.05, 0.1) is 19.6 Å². The number of esters is 1. The van der Waals surface area contributed by atoms with E-state index in [9.17, 15) is 14.4 Å². The molecule has 0 fully saturated rings. The molecule has 2 amide bonds. The van der Waals surface area contributed by atoms with Crippen LogP contribution in [0.2, 0.25) is 0 Å². The highest BCUT2D eigenvalue weighted by Crippen LogP contribution is 2.34.